The molecule has 1 aromatic carbocycles. The normalized spacial score (nSPS) is 22.9. The van der Waals surface area contributed by atoms with Crippen LogP contribution in [0, 0.1) is 17.7 Å². The molecule has 2 atom stereocenters. The third-order valence-corrected chi connectivity index (χ3v) is 3.02. The van der Waals surface area contributed by atoms with E-state index >= 15 is 0 Å². The molecule has 0 radical (unpaired) electrons. The Morgan fingerprint density at radius 1 is 1.50 bits per heavy atom. The fourth-order valence-corrected chi connectivity index (χ4v) is 1.90. The first-order valence-corrected chi connectivity index (χ1v) is 5.27. The molecule has 0 aliphatic heterocycles. The van der Waals surface area contributed by atoms with E-state index in [0.29, 0.717) is 6.54 Å². The minimum absolute atomic E-state index is 0.192. The first kappa shape index (κ1) is 10.9. The van der Waals surface area contributed by atoms with Crippen molar-refractivity contribution in [2.75, 3.05) is 18.5 Å². The van der Waals surface area contributed by atoms with Crippen molar-refractivity contribution in [2.45, 2.75) is 6.42 Å². The standard InChI is InChI=1S/C12H14FNO2/c1-14(7-8-6-11(8)12(15)16)10-4-2-9(13)3-5-10/h2-5,8,11H,6-7H2,1H3,(H,15,16). The van der Waals surface area contributed by atoms with Crippen LogP contribution in [0.5, 0.6) is 0 Å². The van der Waals surface area contributed by atoms with Gasteiger partial charge in [0.1, 0.15) is 5.82 Å². The fourth-order valence-electron chi connectivity index (χ4n) is 1.90. The molecule has 1 aliphatic carbocycles. The maximum absolute atomic E-state index is 12.7. The molecule has 1 aliphatic rings. The van der Waals surface area contributed by atoms with Crippen molar-refractivity contribution in [3.8, 4) is 0 Å². The summed E-state index contributed by atoms with van der Waals surface area (Å²) in [6.45, 7) is 0.711. The van der Waals surface area contributed by atoms with Crippen LogP contribution in [-0.4, -0.2) is 24.7 Å². The van der Waals surface area contributed by atoms with E-state index in [0.717, 1.165) is 12.1 Å². The van der Waals surface area contributed by atoms with Crippen molar-refractivity contribution >= 4 is 11.7 Å². The molecule has 4 heteroatoms. The van der Waals surface area contributed by atoms with Gasteiger partial charge in [0.25, 0.3) is 0 Å². The number of hydrogen-bond donors (Lipinski definition) is 1. The highest BCUT2D eigenvalue weighted by Gasteiger charge is 2.43. The van der Waals surface area contributed by atoms with Crippen LogP contribution in [0.4, 0.5) is 10.1 Å². The smallest absolute Gasteiger partial charge is 0.306 e. The summed E-state index contributed by atoms with van der Waals surface area (Å²) in [5.74, 6) is -0.931. The first-order chi connectivity index (χ1) is 7.58. The zero-order valence-electron chi connectivity index (χ0n) is 9.06. The quantitative estimate of drug-likeness (QED) is 0.848. The average molecular weight is 223 g/mol. The number of halogens is 1. The second kappa shape index (κ2) is 4.12. The predicted octanol–water partition coefficient (Wildman–Crippen LogP) is 1.98. The summed E-state index contributed by atoms with van der Waals surface area (Å²) in [4.78, 5) is 12.6. The minimum atomic E-state index is -0.711. The SMILES string of the molecule is CN(CC1CC1C(=O)O)c1ccc(F)cc1. The van der Waals surface area contributed by atoms with E-state index in [-0.39, 0.29) is 17.7 Å². The number of anilines is 1. The van der Waals surface area contributed by atoms with Crippen LogP contribution in [0.2, 0.25) is 0 Å². The number of carboxylic acid groups (broad SMARTS) is 1. The van der Waals surface area contributed by atoms with E-state index in [1.54, 1.807) is 12.1 Å². The molecule has 0 bridgehead atoms. The zero-order chi connectivity index (χ0) is 11.7. The maximum atomic E-state index is 12.7. The summed E-state index contributed by atoms with van der Waals surface area (Å²) in [7, 11) is 1.89. The lowest BCUT2D eigenvalue weighted by molar-refractivity contribution is -0.138. The highest BCUT2D eigenvalue weighted by atomic mass is 19.1. The molecule has 3 nitrogen and oxygen atoms in total. The minimum Gasteiger partial charge on any atom is -0.481 e. The van der Waals surface area contributed by atoms with Crippen LogP contribution >= 0.6 is 0 Å². The summed E-state index contributed by atoms with van der Waals surface area (Å²) in [5.41, 5.74) is 0.914. The van der Waals surface area contributed by atoms with Crippen molar-refractivity contribution in [3.05, 3.63) is 30.1 Å². The Labute approximate surface area is 93.5 Å². The van der Waals surface area contributed by atoms with Gasteiger partial charge in [0.15, 0.2) is 0 Å². The molecule has 1 aromatic rings. The van der Waals surface area contributed by atoms with Gasteiger partial charge in [-0.1, -0.05) is 0 Å². The van der Waals surface area contributed by atoms with Crippen LogP contribution < -0.4 is 4.90 Å². The maximum Gasteiger partial charge on any atom is 0.306 e. The largest absolute Gasteiger partial charge is 0.481 e. The van der Waals surface area contributed by atoms with E-state index in [4.69, 9.17) is 5.11 Å². The molecule has 0 aromatic heterocycles. The summed E-state index contributed by atoms with van der Waals surface area (Å²) < 4.78 is 12.7. The van der Waals surface area contributed by atoms with Crippen LogP contribution in [0.3, 0.4) is 0 Å². The second-order valence-electron chi connectivity index (χ2n) is 4.30. The average Bonchev–Trinajstić information content (AvgIpc) is 2.98. The Morgan fingerprint density at radius 2 is 2.12 bits per heavy atom. The first-order valence-electron chi connectivity index (χ1n) is 5.27. The number of nitrogens with zero attached hydrogens (tertiary/aromatic N) is 1. The summed E-state index contributed by atoms with van der Waals surface area (Å²) in [6, 6.07) is 6.22. The van der Waals surface area contributed by atoms with Crippen LogP contribution in [0.15, 0.2) is 24.3 Å². The topological polar surface area (TPSA) is 40.5 Å². The van der Waals surface area contributed by atoms with Gasteiger partial charge in [-0.3, -0.25) is 4.79 Å². The predicted molar refractivity (Wildman–Crippen MR) is 58.9 cm³/mol. The van der Waals surface area contributed by atoms with Gasteiger partial charge in [0.05, 0.1) is 5.92 Å². The monoisotopic (exact) mass is 223 g/mol. The summed E-state index contributed by atoms with van der Waals surface area (Å²) in [6.07, 6.45) is 0.751. The third-order valence-electron chi connectivity index (χ3n) is 3.02. The van der Waals surface area contributed by atoms with E-state index in [1.807, 2.05) is 11.9 Å². The number of aliphatic carboxylic acids is 1. The number of carbonyl (C=O) groups is 1. The van der Waals surface area contributed by atoms with E-state index in [2.05, 4.69) is 0 Å². The van der Waals surface area contributed by atoms with Gasteiger partial charge in [-0.15, -0.1) is 0 Å². The molecule has 2 rings (SSSR count). The van der Waals surface area contributed by atoms with Crippen LogP contribution in [-0.2, 0) is 4.79 Å². The van der Waals surface area contributed by atoms with Crippen LogP contribution in [0.25, 0.3) is 0 Å². The van der Waals surface area contributed by atoms with Gasteiger partial charge in [0, 0.05) is 19.3 Å². The highest BCUT2D eigenvalue weighted by Crippen LogP contribution is 2.39. The molecule has 0 spiro atoms. The van der Waals surface area contributed by atoms with Crippen molar-refractivity contribution in [1.82, 2.24) is 0 Å². The van der Waals surface area contributed by atoms with E-state index in [1.165, 1.54) is 12.1 Å². The lowest BCUT2D eigenvalue weighted by Crippen LogP contribution is -2.21. The molecule has 0 saturated heterocycles. The molecule has 16 heavy (non-hydrogen) atoms. The number of hydrogen-bond acceptors (Lipinski definition) is 2. The number of benzene rings is 1. The summed E-state index contributed by atoms with van der Waals surface area (Å²) in [5, 5.41) is 8.78. The number of rotatable bonds is 4. The Hall–Kier alpha value is -1.58. The zero-order valence-corrected chi connectivity index (χ0v) is 9.06. The number of carboxylic acids is 1. The molecule has 2 unspecified atom stereocenters. The molecule has 0 heterocycles. The van der Waals surface area contributed by atoms with E-state index < -0.39 is 5.97 Å². The highest BCUT2D eigenvalue weighted by molar-refractivity contribution is 5.73. The molecule has 86 valence electrons. The second-order valence-corrected chi connectivity index (χ2v) is 4.30. The Balaban J connectivity index is 1.92. The van der Waals surface area contributed by atoms with E-state index in [9.17, 15) is 9.18 Å². The van der Waals surface area contributed by atoms with Gasteiger partial charge < -0.3 is 10.0 Å². The van der Waals surface area contributed by atoms with Gasteiger partial charge in [-0.25, -0.2) is 4.39 Å². The lowest BCUT2D eigenvalue weighted by Gasteiger charge is -2.18. The van der Waals surface area contributed by atoms with Crippen molar-refractivity contribution in [2.24, 2.45) is 11.8 Å². The Kier molecular flexibility index (Phi) is 2.81. The Morgan fingerprint density at radius 3 is 2.62 bits per heavy atom. The van der Waals surface area contributed by atoms with Gasteiger partial charge >= 0.3 is 5.97 Å². The lowest BCUT2D eigenvalue weighted by atomic mass is 10.2. The van der Waals surface area contributed by atoms with Crippen molar-refractivity contribution < 1.29 is 14.3 Å². The molecular weight excluding hydrogens is 209 g/mol. The van der Waals surface area contributed by atoms with Gasteiger partial charge in [-0.2, -0.15) is 0 Å². The molecular formula is C12H14FNO2. The van der Waals surface area contributed by atoms with Gasteiger partial charge in [-0.05, 0) is 36.6 Å². The molecule has 1 saturated carbocycles. The van der Waals surface area contributed by atoms with Crippen molar-refractivity contribution in [1.29, 1.82) is 0 Å². The van der Waals surface area contributed by atoms with Crippen LogP contribution in [0.1, 0.15) is 6.42 Å². The third kappa shape index (κ3) is 2.32. The molecule has 1 N–H and O–H groups in total. The molecule has 0 amide bonds. The van der Waals surface area contributed by atoms with Gasteiger partial charge in [0.2, 0.25) is 0 Å². The fraction of sp³-hybridized carbons (Fsp3) is 0.417. The van der Waals surface area contributed by atoms with Crippen molar-refractivity contribution in [3.63, 3.8) is 0 Å². The Bertz CT molecular complexity index is 391. The summed E-state index contributed by atoms with van der Waals surface area (Å²) >= 11 is 0. The molecule has 1 fully saturated rings.